The van der Waals surface area contributed by atoms with E-state index in [1.165, 1.54) is 6.07 Å². The summed E-state index contributed by atoms with van der Waals surface area (Å²) in [5.74, 6) is -0.377. The minimum atomic E-state index is -0.377. The van der Waals surface area contributed by atoms with Crippen LogP contribution < -0.4 is 0 Å². The molecule has 0 amide bonds. The Hall–Kier alpha value is -1.15. The molecular weight excluding hydrogens is 177 g/mol. The van der Waals surface area contributed by atoms with Gasteiger partial charge in [0.2, 0.25) is 0 Å². The fourth-order valence-electron chi connectivity index (χ4n) is 1.11. The number of aromatic nitrogens is 1. The van der Waals surface area contributed by atoms with Gasteiger partial charge >= 0.3 is 0 Å². The van der Waals surface area contributed by atoms with E-state index < -0.39 is 0 Å². The first kappa shape index (κ1) is 7.50. The summed E-state index contributed by atoms with van der Waals surface area (Å²) >= 11 is 5.66. The van der Waals surface area contributed by atoms with Crippen LogP contribution in [0, 0.1) is 5.82 Å². The number of fused-ring (bicyclic) bond motifs is 1. The molecule has 0 saturated heterocycles. The minimum Gasteiger partial charge on any atom is -0.253 e. The molecule has 0 fully saturated rings. The fourth-order valence-corrected chi connectivity index (χ4v) is 1.33. The lowest BCUT2D eigenvalue weighted by molar-refractivity contribution is 0.637. The molecule has 0 radical (unpaired) electrons. The molecule has 12 heavy (non-hydrogen) atoms. The highest BCUT2D eigenvalue weighted by Gasteiger charge is 2.01. The van der Waals surface area contributed by atoms with Crippen LogP contribution in [-0.2, 0) is 0 Å². The van der Waals surface area contributed by atoms with Crippen molar-refractivity contribution in [1.82, 2.24) is 4.98 Å². The lowest BCUT2D eigenvalue weighted by Crippen LogP contribution is -1.82. The molecule has 60 valence electrons. The predicted molar refractivity (Wildman–Crippen MR) is 46.7 cm³/mol. The van der Waals surface area contributed by atoms with Crippen molar-refractivity contribution in [3.63, 3.8) is 0 Å². The molecule has 0 aliphatic rings. The van der Waals surface area contributed by atoms with E-state index in [0.717, 1.165) is 5.39 Å². The van der Waals surface area contributed by atoms with E-state index in [1.807, 2.05) is 0 Å². The van der Waals surface area contributed by atoms with E-state index in [-0.39, 0.29) is 5.82 Å². The van der Waals surface area contributed by atoms with Gasteiger partial charge in [0.05, 0.1) is 0 Å². The van der Waals surface area contributed by atoms with Gasteiger partial charge in [-0.25, -0.2) is 4.39 Å². The SMILES string of the molecule is Fc1cc(Cl)cc2cccnc12. The van der Waals surface area contributed by atoms with E-state index in [0.29, 0.717) is 10.5 Å². The second-order valence-corrected chi connectivity index (χ2v) is 2.90. The summed E-state index contributed by atoms with van der Waals surface area (Å²) in [6.07, 6.45) is 1.55. The van der Waals surface area contributed by atoms with Crippen LogP contribution in [0.1, 0.15) is 0 Å². The van der Waals surface area contributed by atoms with Crippen LogP contribution >= 0.6 is 11.6 Å². The third-order valence-corrected chi connectivity index (χ3v) is 1.84. The molecule has 1 heterocycles. The van der Waals surface area contributed by atoms with E-state index >= 15 is 0 Å². The highest BCUT2D eigenvalue weighted by Crippen LogP contribution is 2.20. The van der Waals surface area contributed by atoms with Gasteiger partial charge in [-0.2, -0.15) is 0 Å². The van der Waals surface area contributed by atoms with E-state index in [2.05, 4.69) is 4.98 Å². The summed E-state index contributed by atoms with van der Waals surface area (Å²) in [6.45, 7) is 0. The number of rotatable bonds is 0. The van der Waals surface area contributed by atoms with Gasteiger partial charge in [-0.3, -0.25) is 4.98 Å². The highest BCUT2D eigenvalue weighted by atomic mass is 35.5. The largest absolute Gasteiger partial charge is 0.253 e. The number of hydrogen-bond donors (Lipinski definition) is 0. The Balaban J connectivity index is 2.89. The number of hydrogen-bond acceptors (Lipinski definition) is 1. The first-order valence-corrected chi connectivity index (χ1v) is 3.85. The van der Waals surface area contributed by atoms with Gasteiger partial charge in [0, 0.05) is 16.6 Å². The molecule has 0 unspecified atom stereocenters. The molecule has 3 heteroatoms. The third-order valence-electron chi connectivity index (χ3n) is 1.62. The van der Waals surface area contributed by atoms with E-state index in [4.69, 9.17) is 11.6 Å². The van der Waals surface area contributed by atoms with Crippen molar-refractivity contribution in [2.24, 2.45) is 0 Å². The van der Waals surface area contributed by atoms with Crippen molar-refractivity contribution < 1.29 is 4.39 Å². The first-order chi connectivity index (χ1) is 5.77. The average molecular weight is 182 g/mol. The number of halogens is 2. The molecular formula is C9H5ClFN. The Bertz CT molecular complexity index is 428. The second kappa shape index (κ2) is 2.72. The van der Waals surface area contributed by atoms with Crippen LogP contribution in [0.15, 0.2) is 30.5 Å². The summed E-state index contributed by atoms with van der Waals surface area (Å²) < 4.78 is 13.1. The molecule has 0 aliphatic carbocycles. The van der Waals surface area contributed by atoms with Crippen molar-refractivity contribution in [2.75, 3.05) is 0 Å². The van der Waals surface area contributed by atoms with Gasteiger partial charge in [-0.15, -0.1) is 0 Å². The zero-order chi connectivity index (χ0) is 8.55. The van der Waals surface area contributed by atoms with Crippen LogP contribution in [0.5, 0.6) is 0 Å². The van der Waals surface area contributed by atoms with Crippen LogP contribution in [0.2, 0.25) is 5.02 Å². The van der Waals surface area contributed by atoms with Gasteiger partial charge in [-0.05, 0) is 18.2 Å². The van der Waals surface area contributed by atoms with Gasteiger partial charge in [0.25, 0.3) is 0 Å². The minimum absolute atomic E-state index is 0.363. The Morgan fingerprint density at radius 3 is 3.00 bits per heavy atom. The second-order valence-electron chi connectivity index (χ2n) is 2.46. The van der Waals surface area contributed by atoms with Crippen molar-refractivity contribution in [3.05, 3.63) is 41.3 Å². The van der Waals surface area contributed by atoms with Crippen LogP contribution in [0.25, 0.3) is 10.9 Å². The Kier molecular flexibility index (Phi) is 1.70. The summed E-state index contributed by atoms with van der Waals surface area (Å²) in [5, 5.41) is 1.12. The normalized spacial score (nSPS) is 10.5. The monoisotopic (exact) mass is 181 g/mol. The van der Waals surface area contributed by atoms with Gasteiger partial charge in [0.15, 0.2) is 5.82 Å². The number of benzene rings is 1. The Labute approximate surface area is 73.8 Å². The maximum absolute atomic E-state index is 13.1. The molecule has 0 N–H and O–H groups in total. The zero-order valence-electron chi connectivity index (χ0n) is 6.09. The van der Waals surface area contributed by atoms with Crippen molar-refractivity contribution in [3.8, 4) is 0 Å². The smallest absolute Gasteiger partial charge is 0.150 e. The van der Waals surface area contributed by atoms with Crippen molar-refractivity contribution >= 4 is 22.5 Å². The maximum atomic E-state index is 13.1. The molecule has 0 bridgehead atoms. The van der Waals surface area contributed by atoms with Crippen LogP contribution in [-0.4, -0.2) is 4.98 Å². The van der Waals surface area contributed by atoms with E-state index in [1.54, 1.807) is 24.4 Å². The summed E-state index contributed by atoms with van der Waals surface area (Å²) in [5.41, 5.74) is 0.363. The average Bonchev–Trinajstić information content (AvgIpc) is 2.04. The Morgan fingerprint density at radius 1 is 1.33 bits per heavy atom. The highest BCUT2D eigenvalue weighted by molar-refractivity contribution is 6.31. The molecule has 0 aliphatic heterocycles. The summed E-state index contributed by atoms with van der Waals surface area (Å²) in [7, 11) is 0. The Morgan fingerprint density at radius 2 is 2.17 bits per heavy atom. The number of pyridine rings is 1. The van der Waals surface area contributed by atoms with Crippen molar-refractivity contribution in [1.29, 1.82) is 0 Å². The summed E-state index contributed by atoms with van der Waals surface area (Å²) in [6, 6.07) is 6.47. The van der Waals surface area contributed by atoms with Crippen LogP contribution in [0.3, 0.4) is 0 Å². The lowest BCUT2D eigenvalue weighted by Gasteiger charge is -1.97. The van der Waals surface area contributed by atoms with E-state index in [9.17, 15) is 4.39 Å². The first-order valence-electron chi connectivity index (χ1n) is 3.47. The quantitative estimate of drug-likeness (QED) is 0.609. The lowest BCUT2D eigenvalue weighted by atomic mass is 10.2. The fraction of sp³-hybridized carbons (Fsp3) is 0. The topological polar surface area (TPSA) is 12.9 Å². The van der Waals surface area contributed by atoms with Crippen molar-refractivity contribution in [2.45, 2.75) is 0 Å². The molecule has 1 aromatic heterocycles. The molecule has 0 spiro atoms. The summed E-state index contributed by atoms with van der Waals surface area (Å²) in [4.78, 5) is 3.89. The molecule has 0 saturated carbocycles. The molecule has 1 nitrogen and oxygen atoms in total. The van der Waals surface area contributed by atoms with Gasteiger partial charge < -0.3 is 0 Å². The molecule has 0 atom stereocenters. The molecule has 2 aromatic rings. The standard InChI is InChI=1S/C9H5ClFN/c10-7-4-6-2-1-3-12-9(6)8(11)5-7/h1-5H. The number of nitrogens with zero attached hydrogens (tertiary/aromatic N) is 1. The predicted octanol–water partition coefficient (Wildman–Crippen LogP) is 3.03. The zero-order valence-corrected chi connectivity index (χ0v) is 6.85. The third kappa shape index (κ3) is 1.14. The van der Waals surface area contributed by atoms with Crippen LogP contribution in [0.4, 0.5) is 4.39 Å². The molecule has 2 rings (SSSR count). The maximum Gasteiger partial charge on any atom is 0.150 e. The molecule has 1 aromatic carbocycles. The van der Waals surface area contributed by atoms with Gasteiger partial charge in [-0.1, -0.05) is 17.7 Å². The van der Waals surface area contributed by atoms with Gasteiger partial charge in [0.1, 0.15) is 5.52 Å².